The van der Waals surface area contributed by atoms with Crippen LogP contribution in [0.25, 0.3) is 27.0 Å². The second-order valence-electron chi connectivity index (χ2n) is 7.22. The van der Waals surface area contributed by atoms with Crippen molar-refractivity contribution >= 4 is 28.1 Å². The molecule has 0 saturated carbocycles. The summed E-state index contributed by atoms with van der Waals surface area (Å²) in [5, 5.41) is 7.30. The molecule has 0 bridgehead atoms. The first-order valence-corrected chi connectivity index (χ1v) is 10.8. The van der Waals surface area contributed by atoms with E-state index in [4.69, 9.17) is 4.74 Å². The fraction of sp³-hybridized carbons (Fsp3) is 0.0400. The van der Waals surface area contributed by atoms with Crippen molar-refractivity contribution in [3.63, 3.8) is 0 Å². The number of alkyl halides is 3. The monoisotopic (exact) mass is 464 g/mol. The summed E-state index contributed by atoms with van der Waals surface area (Å²) in [6, 6.07) is 23.6. The summed E-state index contributed by atoms with van der Waals surface area (Å²) < 4.78 is 46.7. The maximum Gasteiger partial charge on any atom is 0.435 e. The van der Waals surface area contributed by atoms with Gasteiger partial charge in [0.25, 0.3) is 0 Å². The number of halogens is 3. The average Bonchev–Trinajstić information content (AvgIpc) is 3.49. The van der Waals surface area contributed by atoms with Gasteiger partial charge in [-0.15, -0.1) is 11.3 Å². The molecule has 0 unspecified atom stereocenters. The van der Waals surface area contributed by atoms with Crippen molar-refractivity contribution in [3.05, 3.63) is 102 Å². The summed E-state index contributed by atoms with van der Waals surface area (Å²) in [5.41, 5.74) is 0.0110. The molecule has 0 aliphatic rings. The van der Waals surface area contributed by atoms with Crippen molar-refractivity contribution in [2.45, 2.75) is 6.18 Å². The van der Waals surface area contributed by atoms with Gasteiger partial charge >= 0.3 is 12.1 Å². The van der Waals surface area contributed by atoms with Crippen LogP contribution in [0.1, 0.15) is 16.1 Å². The normalized spacial score (nSPS) is 11.6. The molecular formula is C25H15F3N2O2S. The Morgan fingerprint density at radius 2 is 1.67 bits per heavy atom. The number of carbonyl (C=O) groups is 1. The van der Waals surface area contributed by atoms with E-state index >= 15 is 0 Å². The summed E-state index contributed by atoms with van der Waals surface area (Å²) in [6.45, 7) is 0. The number of fused-ring (bicyclic) bond motifs is 1. The highest BCUT2D eigenvalue weighted by atomic mass is 32.1. The number of hydrogen-bond acceptors (Lipinski definition) is 4. The molecule has 3 aromatic carbocycles. The summed E-state index contributed by atoms with van der Waals surface area (Å²) in [5.74, 6) is -0.128. The quantitative estimate of drug-likeness (QED) is 0.213. The van der Waals surface area contributed by atoms with Crippen LogP contribution in [0.15, 0.2) is 90.3 Å². The Bertz CT molecular complexity index is 1430. The zero-order valence-electron chi connectivity index (χ0n) is 16.9. The lowest BCUT2D eigenvalue weighted by Gasteiger charge is -2.09. The average molecular weight is 464 g/mol. The molecule has 0 radical (unpaired) electrons. The van der Waals surface area contributed by atoms with Crippen LogP contribution in [0, 0.1) is 0 Å². The van der Waals surface area contributed by atoms with Gasteiger partial charge in [0.15, 0.2) is 5.69 Å². The van der Waals surface area contributed by atoms with E-state index in [1.807, 2.05) is 30.3 Å². The van der Waals surface area contributed by atoms with E-state index in [2.05, 4.69) is 5.10 Å². The third kappa shape index (κ3) is 4.12. The van der Waals surface area contributed by atoms with Crippen molar-refractivity contribution in [2.75, 3.05) is 0 Å². The number of rotatable bonds is 4. The van der Waals surface area contributed by atoms with Gasteiger partial charge in [0, 0.05) is 5.39 Å². The number of ether oxygens (including phenoxy) is 1. The minimum atomic E-state index is -4.57. The van der Waals surface area contributed by atoms with Crippen LogP contribution in [0.3, 0.4) is 0 Å². The van der Waals surface area contributed by atoms with Crippen LogP contribution in [-0.4, -0.2) is 15.7 Å². The third-order valence-electron chi connectivity index (χ3n) is 5.07. The van der Waals surface area contributed by atoms with E-state index in [-0.39, 0.29) is 5.56 Å². The fourth-order valence-electron chi connectivity index (χ4n) is 3.50. The Labute approximate surface area is 190 Å². The van der Waals surface area contributed by atoms with Crippen LogP contribution in [-0.2, 0) is 6.18 Å². The minimum Gasteiger partial charge on any atom is -0.422 e. The van der Waals surface area contributed by atoms with Gasteiger partial charge in [-0.25, -0.2) is 9.48 Å². The Balaban J connectivity index is 1.45. The molecule has 0 atom stereocenters. The molecule has 33 heavy (non-hydrogen) atoms. The lowest BCUT2D eigenvalue weighted by atomic mass is 10.1. The number of nitrogens with zero attached hydrogens (tertiary/aromatic N) is 2. The zero-order valence-corrected chi connectivity index (χ0v) is 17.7. The second-order valence-corrected chi connectivity index (χ2v) is 8.16. The Morgan fingerprint density at radius 3 is 2.39 bits per heavy atom. The van der Waals surface area contributed by atoms with Crippen molar-refractivity contribution in [1.29, 1.82) is 0 Å². The van der Waals surface area contributed by atoms with Gasteiger partial charge in [0.1, 0.15) is 5.75 Å². The van der Waals surface area contributed by atoms with E-state index < -0.39 is 17.8 Å². The SMILES string of the molecule is O=C(Oc1cccc2ccccc12)c1ccc(-n2nc(C(F)(F)F)cc2-c2cccs2)cc1. The van der Waals surface area contributed by atoms with Gasteiger partial charge in [-0.1, -0.05) is 42.5 Å². The highest BCUT2D eigenvalue weighted by molar-refractivity contribution is 7.13. The first-order chi connectivity index (χ1) is 15.9. The molecule has 0 fully saturated rings. The summed E-state index contributed by atoms with van der Waals surface area (Å²) in [7, 11) is 0. The molecule has 0 aliphatic heterocycles. The molecule has 0 spiro atoms. The predicted molar refractivity (Wildman–Crippen MR) is 121 cm³/mol. The van der Waals surface area contributed by atoms with Gasteiger partial charge in [-0.2, -0.15) is 18.3 Å². The van der Waals surface area contributed by atoms with Crippen LogP contribution >= 0.6 is 11.3 Å². The maximum atomic E-state index is 13.3. The van der Waals surface area contributed by atoms with Crippen molar-refractivity contribution in [1.82, 2.24) is 9.78 Å². The van der Waals surface area contributed by atoms with Gasteiger partial charge in [-0.3, -0.25) is 0 Å². The molecular weight excluding hydrogens is 449 g/mol. The molecule has 4 nitrogen and oxygen atoms in total. The van der Waals surface area contributed by atoms with E-state index in [0.29, 0.717) is 22.0 Å². The summed E-state index contributed by atoms with van der Waals surface area (Å²) >= 11 is 1.32. The van der Waals surface area contributed by atoms with Gasteiger partial charge in [0.2, 0.25) is 0 Å². The lowest BCUT2D eigenvalue weighted by Crippen LogP contribution is -2.10. The number of thiophene rings is 1. The Kier molecular flexibility index (Phi) is 5.22. The molecule has 2 aromatic heterocycles. The van der Waals surface area contributed by atoms with Gasteiger partial charge < -0.3 is 4.74 Å². The van der Waals surface area contributed by atoms with Crippen molar-refractivity contribution < 1.29 is 22.7 Å². The number of aromatic nitrogens is 2. The van der Waals surface area contributed by atoms with E-state index in [9.17, 15) is 18.0 Å². The molecule has 2 heterocycles. The lowest BCUT2D eigenvalue weighted by molar-refractivity contribution is -0.141. The van der Waals surface area contributed by atoms with E-state index in [0.717, 1.165) is 16.8 Å². The van der Waals surface area contributed by atoms with E-state index in [1.54, 1.807) is 41.8 Å². The van der Waals surface area contributed by atoms with E-state index in [1.165, 1.54) is 28.2 Å². The van der Waals surface area contributed by atoms with Crippen molar-refractivity contribution in [2.24, 2.45) is 0 Å². The molecule has 5 aromatic rings. The standard InChI is InChI=1S/C25H15F3N2O2S/c26-25(27,28)23-15-20(22-9-4-14-33-22)30(29-23)18-12-10-17(11-13-18)24(31)32-21-8-3-6-16-5-1-2-7-19(16)21/h1-15H. The Morgan fingerprint density at radius 1 is 0.909 bits per heavy atom. The second kappa shape index (κ2) is 8.22. The minimum absolute atomic E-state index is 0.271. The van der Waals surface area contributed by atoms with Crippen LogP contribution in [0.4, 0.5) is 13.2 Å². The molecule has 0 saturated heterocycles. The summed E-state index contributed by atoms with van der Waals surface area (Å²) in [6.07, 6.45) is -4.57. The first kappa shape index (κ1) is 21.0. The maximum absolute atomic E-state index is 13.3. The smallest absolute Gasteiger partial charge is 0.422 e. The highest BCUT2D eigenvalue weighted by Crippen LogP contribution is 2.35. The van der Waals surface area contributed by atoms with Crippen LogP contribution in [0.5, 0.6) is 5.75 Å². The van der Waals surface area contributed by atoms with Crippen molar-refractivity contribution in [3.8, 4) is 22.0 Å². The molecule has 0 aliphatic carbocycles. The molecule has 5 rings (SSSR count). The number of benzene rings is 3. The van der Waals surface area contributed by atoms with Gasteiger partial charge in [0.05, 0.1) is 21.8 Å². The number of carbonyl (C=O) groups excluding carboxylic acids is 1. The van der Waals surface area contributed by atoms with Crippen LogP contribution in [0.2, 0.25) is 0 Å². The predicted octanol–water partition coefficient (Wildman–Crippen LogP) is 6.99. The molecule has 8 heteroatoms. The zero-order chi connectivity index (χ0) is 23.0. The van der Waals surface area contributed by atoms with Crippen LogP contribution < -0.4 is 4.74 Å². The topological polar surface area (TPSA) is 44.1 Å². The first-order valence-electron chi connectivity index (χ1n) is 9.92. The van der Waals surface area contributed by atoms with Gasteiger partial charge in [-0.05, 0) is 53.2 Å². The molecule has 0 amide bonds. The highest BCUT2D eigenvalue weighted by Gasteiger charge is 2.35. The summed E-state index contributed by atoms with van der Waals surface area (Å²) in [4.78, 5) is 13.4. The molecule has 164 valence electrons. The number of esters is 1. The fourth-order valence-corrected chi connectivity index (χ4v) is 4.23. The molecule has 0 N–H and O–H groups in total. The number of hydrogen-bond donors (Lipinski definition) is 0. The largest absolute Gasteiger partial charge is 0.435 e. The Hall–Kier alpha value is -3.91. The third-order valence-corrected chi connectivity index (χ3v) is 5.97.